The summed E-state index contributed by atoms with van der Waals surface area (Å²) in [7, 11) is 0. The van der Waals surface area contributed by atoms with Crippen LogP contribution in [0.1, 0.15) is 31.1 Å². The summed E-state index contributed by atoms with van der Waals surface area (Å²) in [6, 6.07) is 14.8. The Bertz CT molecular complexity index is 1220. The number of carbonyl (C=O) groups excluding carboxylic acids is 2. The molecule has 1 fully saturated rings. The van der Waals surface area contributed by atoms with Crippen LogP contribution in [-0.2, 0) is 9.53 Å². The van der Waals surface area contributed by atoms with Gasteiger partial charge in [0, 0.05) is 60.3 Å². The van der Waals surface area contributed by atoms with Gasteiger partial charge in [-0.2, -0.15) is 11.8 Å². The highest BCUT2D eigenvalue weighted by atomic mass is 32.2. The lowest BCUT2D eigenvalue weighted by molar-refractivity contribution is -0.153. The van der Waals surface area contributed by atoms with Crippen LogP contribution in [0.25, 0.3) is 11.1 Å². The molecule has 1 aliphatic rings. The smallest absolute Gasteiger partial charge is 0.325 e. The monoisotopic (exact) mass is 549 g/mol. The summed E-state index contributed by atoms with van der Waals surface area (Å²) in [4.78, 5) is 35.4. The molecule has 2 aromatic carbocycles. The molecule has 39 heavy (non-hydrogen) atoms. The Morgan fingerprint density at radius 3 is 2.26 bits per heavy atom. The Kier molecular flexibility index (Phi) is 9.78. The number of aromatic nitrogens is 2. The predicted octanol–water partition coefficient (Wildman–Crippen LogP) is 4.39. The Morgan fingerprint density at radius 1 is 0.949 bits per heavy atom. The van der Waals surface area contributed by atoms with Gasteiger partial charge in [-0.15, -0.1) is 0 Å². The molecule has 3 aromatic rings. The van der Waals surface area contributed by atoms with Gasteiger partial charge in [-0.1, -0.05) is 12.1 Å². The molecule has 0 unspecified atom stereocenters. The minimum atomic E-state index is -0.595. The fourth-order valence-electron chi connectivity index (χ4n) is 3.87. The van der Waals surface area contributed by atoms with Crippen LogP contribution in [0.2, 0.25) is 0 Å². The molecule has 10 heteroatoms. The van der Waals surface area contributed by atoms with Crippen molar-refractivity contribution in [2.75, 3.05) is 49.6 Å². The van der Waals surface area contributed by atoms with Crippen molar-refractivity contribution in [3.63, 3.8) is 0 Å². The van der Waals surface area contributed by atoms with Gasteiger partial charge in [-0.3, -0.25) is 14.5 Å². The quantitative estimate of drug-likeness (QED) is 0.356. The lowest BCUT2D eigenvalue weighted by Crippen LogP contribution is -2.35. The molecule has 4 rings (SSSR count). The van der Waals surface area contributed by atoms with E-state index in [1.807, 2.05) is 48.2 Å². The van der Waals surface area contributed by atoms with E-state index >= 15 is 0 Å². The molecule has 2 heterocycles. The lowest BCUT2D eigenvalue weighted by Gasteiger charge is -2.25. The number of hydrogen-bond acceptors (Lipinski definition) is 9. The molecule has 9 nitrogen and oxygen atoms in total. The molecule has 0 bridgehead atoms. The normalized spacial score (nSPS) is 13.9. The van der Waals surface area contributed by atoms with Crippen molar-refractivity contribution in [1.29, 1.82) is 0 Å². The van der Waals surface area contributed by atoms with Crippen molar-refractivity contribution < 1.29 is 19.1 Å². The van der Waals surface area contributed by atoms with Gasteiger partial charge >= 0.3 is 5.97 Å². The van der Waals surface area contributed by atoms with Gasteiger partial charge in [-0.25, -0.2) is 9.97 Å². The van der Waals surface area contributed by atoms with E-state index in [1.165, 1.54) is 11.5 Å². The molecule has 1 amide bonds. The van der Waals surface area contributed by atoms with E-state index in [4.69, 9.17) is 9.47 Å². The maximum atomic E-state index is 12.4. The molecule has 1 aromatic heterocycles. The summed E-state index contributed by atoms with van der Waals surface area (Å²) < 4.78 is 11.1. The number of nitrogens with zero attached hydrogens (tertiary/aromatic N) is 3. The minimum Gasteiger partial charge on any atom is -0.492 e. The number of rotatable bonds is 10. The zero-order valence-electron chi connectivity index (χ0n) is 22.6. The van der Waals surface area contributed by atoms with Crippen LogP contribution in [0.5, 0.6) is 5.75 Å². The number of hydrogen-bond donors (Lipinski definition) is 2. The number of thioether (sulfide) groups is 1. The van der Waals surface area contributed by atoms with Gasteiger partial charge in [0.2, 0.25) is 5.95 Å². The van der Waals surface area contributed by atoms with E-state index in [1.54, 1.807) is 45.3 Å². The Morgan fingerprint density at radius 2 is 1.62 bits per heavy atom. The molecular weight excluding hydrogens is 514 g/mol. The van der Waals surface area contributed by atoms with Gasteiger partial charge in [0.1, 0.15) is 24.5 Å². The summed E-state index contributed by atoms with van der Waals surface area (Å²) in [5.41, 5.74) is 2.40. The van der Waals surface area contributed by atoms with Crippen molar-refractivity contribution in [2.45, 2.75) is 26.4 Å². The summed E-state index contributed by atoms with van der Waals surface area (Å²) in [5, 5.41) is 5.78. The second kappa shape index (κ2) is 13.4. The molecule has 0 atom stereocenters. The van der Waals surface area contributed by atoms with Crippen molar-refractivity contribution >= 4 is 35.3 Å². The molecule has 1 saturated heterocycles. The molecular formula is C29H35N5O4S. The third-order valence-corrected chi connectivity index (χ3v) is 6.78. The van der Waals surface area contributed by atoms with Crippen LogP contribution < -0.4 is 15.4 Å². The molecule has 206 valence electrons. The minimum absolute atomic E-state index is 0.186. The first-order valence-electron chi connectivity index (χ1n) is 13.0. The third kappa shape index (κ3) is 9.26. The number of benzene rings is 2. The zero-order chi connectivity index (χ0) is 27.7. The second-order valence-electron chi connectivity index (χ2n) is 10.1. The first-order valence-corrected chi connectivity index (χ1v) is 14.1. The lowest BCUT2D eigenvalue weighted by atomic mass is 10.1. The standard InChI is InChI=1S/C29H35N5O4S/c1-29(2,3)38-26(35)20-30-27(36)22-6-4-21(5-7-22)23-18-31-28(32-19-23)33-24-8-10-25(11-9-24)37-15-12-34-13-16-39-17-14-34/h4-11,18-19H,12-17,20H2,1-3H3,(H,30,36)(H,31,32,33). The Hall–Kier alpha value is -3.63. The fourth-order valence-corrected chi connectivity index (χ4v) is 4.85. The van der Waals surface area contributed by atoms with Gasteiger partial charge in [-0.05, 0) is 62.7 Å². The zero-order valence-corrected chi connectivity index (χ0v) is 23.4. The van der Waals surface area contributed by atoms with Crippen molar-refractivity contribution in [2.24, 2.45) is 0 Å². The van der Waals surface area contributed by atoms with E-state index < -0.39 is 11.6 Å². The largest absolute Gasteiger partial charge is 0.492 e. The molecule has 0 aliphatic carbocycles. The average Bonchev–Trinajstić information content (AvgIpc) is 2.93. The van der Waals surface area contributed by atoms with Crippen LogP contribution >= 0.6 is 11.8 Å². The highest BCUT2D eigenvalue weighted by Crippen LogP contribution is 2.22. The van der Waals surface area contributed by atoms with Crippen LogP contribution in [0.4, 0.5) is 11.6 Å². The topological polar surface area (TPSA) is 106 Å². The van der Waals surface area contributed by atoms with Gasteiger partial charge in [0.05, 0.1) is 0 Å². The van der Waals surface area contributed by atoms with E-state index in [0.29, 0.717) is 18.1 Å². The van der Waals surface area contributed by atoms with Gasteiger partial charge in [0.15, 0.2) is 0 Å². The summed E-state index contributed by atoms with van der Waals surface area (Å²) in [6.45, 7) is 9.05. The van der Waals surface area contributed by atoms with Gasteiger partial charge < -0.3 is 20.1 Å². The number of amides is 1. The number of esters is 1. The maximum absolute atomic E-state index is 12.4. The van der Waals surface area contributed by atoms with Crippen molar-refractivity contribution in [3.8, 4) is 16.9 Å². The highest BCUT2D eigenvalue weighted by molar-refractivity contribution is 7.99. The van der Waals surface area contributed by atoms with Crippen LogP contribution in [0, 0.1) is 0 Å². The summed E-state index contributed by atoms with van der Waals surface area (Å²) in [6.07, 6.45) is 3.45. The number of nitrogens with one attached hydrogen (secondary N) is 2. The SMILES string of the molecule is CC(C)(C)OC(=O)CNC(=O)c1ccc(-c2cnc(Nc3ccc(OCCN4CCSCC4)cc3)nc2)cc1. The first-order chi connectivity index (χ1) is 18.7. The first kappa shape index (κ1) is 28.4. The molecule has 0 radical (unpaired) electrons. The number of carbonyl (C=O) groups is 2. The van der Waals surface area contributed by atoms with Crippen LogP contribution in [0.3, 0.4) is 0 Å². The summed E-state index contributed by atoms with van der Waals surface area (Å²) >= 11 is 2.01. The maximum Gasteiger partial charge on any atom is 0.325 e. The van der Waals surface area contributed by atoms with E-state index in [2.05, 4.69) is 25.5 Å². The third-order valence-electron chi connectivity index (χ3n) is 5.84. The molecule has 2 N–H and O–H groups in total. The fraction of sp³-hybridized carbons (Fsp3) is 0.379. The number of anilines is 2. The second-order valence-corrected chi connectivity index (χ2v) is 11.3. The number of ether oxygens (including phenoxy) is 2. The molecule has 0 saturated carbocycles. The van der Waals surface area contributed by atoms with Crippen molar-refractivity contribution in [3.05, 3.63) is 66.5 Å². The van der Waals surface area contributed by atoms with Gasteiger partial charge in [0.25, 0.3) is 5.91 Å². The van der Waals surface area contributed by atoms with Crippen LogP contribution in [-0.4, -0.2) is 76.6 Å². The Balaban J connectivity index is 1.24. The Labute approximate surface area is 233 Å². The molecule has 1 aliphatic heterocycles. The van der Waals surface area contributed by atoms with E-state index in [-0.39, 0.29) is 12.5 Å². The van der Waals surface area contributed by atoms with Crippen LogP contribution in [0.15, 0.2) is 60.9 Å². The molecule has 0 spiro atoms. The van der Waals surface area contributed by atoms with E-state index in [0.717, 1.165) is 42.2 Å². The van der Waals surface area contributed by atoms with Crippen molar-refractivity contribution in [1.82, 2.24) is 20.2 Å². The highest BCUT2D eigenvalue weighted by Gasteiger charge is 2.17. The average molecular weight is 550 g/mol. The predicted molar refractivity (Wildman–Crippen MR) is 155 cm³/mol. The summed E-state index contributed by atoms with van der Waals surface area (Å²) in [5.74, 6) is 2.89. The van der Waals surface area contributed by atoms with E-state index in [9.17, 15) is 9.59 Å².